The summed E-state index contributed by atoms with van der Waals surface area (Å²) in [6.07, 6.45) is 7.86. The molecule has 0 fully saturated rings. The van der Waals surface area contributed by atoms with E-state index in [1.807, 2.05) is 13.1 Å². The predicted molar refractivity (Wildman–Crippen MR) is 59.3 cm³/mol. The molecule has 0 aliphatic carbocycles. The average Bonchev–Trinajstić information content (AvgIpc) is 2.59. The zero-order valence-corrected chi connectivity index (χ0v) is 8.72. The topological polar surface area (TPSA) is 56.2 Å². The van der Waals surface area contributed by atoms with Crippen LogP contribution in [0.15, 0.2) is 36.9 Å². The van der Waals surface area contributed by atoms with Gasteiger partial charge in [-0.05, 0) is 13.3 Å². The van der Waals surface area contributed by atoms with Gasteiger partial charge in [0, 0.05) is 24.0 Å². The Morgan fingerprint density at radius 1 is 1.60 bits per heavy atom. The fraction of sp³-hybridized carbons (Fsp3) is 0.273. The van der Waals surface area contributed by atoms with Crippen molar-refractivity contribution in [2.24, 2.45) is 5.73 Å². The molecule has 4 nitrogen and oxygen atoms in total. The van der Waals surface area contributed by atoms with Gasteiger partial charge in [-0.2, -0.15) is 5.10 Å². The highest BCUT2D eigenvalue weighted by atomic mass is 15.2. The normalized spacial score (nSPS) is 12.9. The first kappa shape index (κ1) is 9.86. The van der Waals surface area contributed by atoms with Gasteiger partial charge in [-0.15, -0.1) is 6.58 Å². The highest BCUT2D eigenvalue weighted by molar-refractivity contribution is 5.53. The van der Waals surface area contributed by atoms with Crippen LogP contribution in [0.1, 0.15) is 24.9 Å². The van der Waals surface area contributed by atoms with Gasteiger partial charge in [-0.3, -0.25) is 4.98 Å². The van der Waals surface area contributed by atoms with Crippen LogP contribution in [-0.4, -0.2) is 14.6 Å². The van der Waals surface area contributed by atoms with Crippen LogP contribution >= 0.6 is 0 Å². The number of fused-ring (bicyclic) bond motifs is 1. The van der Waals surface area contributed by atoms with Crippen LogP contribution in [0.3, 0.4) is 0 Å². The molecule has 15 heavy (non-hydrogen) atoms. The van der Waals surface area contributed by atoms with E-state index in [2.05, 4.69) is 16.7 Å². The maximum absolute atomic E-state index is 6.06. The molecule has 0 spiro atoms. The Kier molecular flexibility index (Phi) is 2.51. The first-order valence-corrected chi connectivity index (χ1v) is 4.85. The Morgan fingerprint density at radius 2 is 2.40 bits per heavy atom. The lowest BCUT2D eigenvalue weighted by Gasteiger charge is -2.09. The SMILES string of the molecule is C=C(C)CC(N)c1cnn2ccncc12. The lowest BCUT2D eigenvalue weighted by molar-refractivity contribution is 0.722. The second-order valence-corrected chi connectivity index (χ2v) is 3.77. The Bertz CT molecular complexity index is 486. The van der Waals surface area contributed by atoms with Crippen molar-refractivity contribution < 1.29 is 0 Å². The van der Waals surface area contributed by atoms with Gasteiger partial charge in [-0.25, -0.2) is 4.52 Å². The highest BCUT2D eigenvalue weighted by Crippen LogP contribution is 2.21. The molecule has 2 N–H and O–H groups in total. The first-order chi connectivity index (χ1) is 7.18. The number of hydrogen-bond acceptors (Lipinski definition) is 3. The summed E-state index contributed by atoms with van der Waals surface area (Å²) in [5, 5.41) is 4.21. The van der Waals surface area contributed by atoms with Crippen LogP contribution in [0.25, 0.3) is 5.52 Å². The van der Waals surface area contributed by atoms with Crippen molar-refractivity contribution in [1.82, 2.24) is 14.6 Å². The van der Waals surface area contributed by atoms with E-state index in [1.165, 1.54) is 0 Å². The monoisotopic (exact) mass is 202 g/mol. The van der Waals surface area contributed by atoms with Crippen LogP contribution in [0, 0.1) is 0 Å². The number of aromatic nitrogens is 3. The zero-order chi connectivity index (χ0) is 10.8. The summed E-state index contributed by atoms with van der Waals surface area (Å²) in [5.74, 6) is 0. The van der Waals surface area contributed by atoms with E-state index in [0.29, 0.717) is 0 Å². The molecule has 2 heterocycles. The Hall–Kier alpha value is -1.68. The van der Waals surface area contributed by atoms with Gasteiger partial charge in [0.1, 0.15) is 0 Å². The molecule has 0 aliphatic heterocycles. The molecule has 4 heteroatoms. The quantitative estimate of drug-likeness (QED) is 0.771. The largest absolute Gasteiger partial charge is 0.324 e. The van der Waals surface area contributed by atoms with Crippen molar-refractivity contribution in [3.8, 4) is 0 Å². The molecule has 0 radical (unpaired) electrons. The van der Waals surface area contributed by atoms with Gasteiger partial charge >= 0.3 is 0 Å². The third-order valence-corrected chi connectivity index (χ3v) is 2.32. The molecule has 2 aromatic heterocycles. The summed E-state index contributed by atoms with van der Waals surface area (Å²) in [6.45, 7) is 5.84. The standard InChI is InChI=1S/C11H14N4/c1-8(2)5-10(12)9-6-14-15-4-3-13-7-11(9)15/h3-4,6-7,10H,1,5,12H2,2H3. The minimum absolute atomic E-state index is 0.0517. The van der Waals surface area contributed by atoms with E-state index in [9.17, 15) is 0 Å². The van der Waals surface area contributed by atoms with Crippen LogP contribution in [0.5, 0.6) is 0 Å². The summed E-state index contributed by atoms with van der Waals surface area (Å²) in [6, 6.07) is -0.0517. The van der Waals surface area contributed by atoms with Crippen molar-refractivity contribution in [3.05, 3.63) is 42.5 Å². The minimum atomic E-state index is -0.0517. The van der Waals surface area contributed by atoms with E-state index in [-0.39, 0.29) is 6.04 Å². The van der Waals surface area contributed by atoms with E-state index in [4.69, 9.17) is 5.73 Å². The molecule has 0 bridgehead atoms. The molecule has 1 unspecified atom stereocenters. The molecule has 0 amide bonds. The third-order valence-electron chi connectivity index (χ3n) is 2.32. The lowest BCUT2D eigenvalue weighted by Crippen LogP contribution is -2.10. The van der Waals surface area contributed by atoms with Crippen LogP contribution in [0.2, 0.25) is 0 Å². The minimum Gasteiger partial charge on any atom is -0.324 e. The average molecular weight is 202 g/mol. The summed E-state index contributed by atoms with van der Waals surface area (Å²) in [7, 11) is 0. The van der Waals surface area contributed by atoms with Gasteiger partial charge in [0.2, 0.25) is 0 Å². The first-order valence-electron chi connectivity index (χ1n) is 4.85. The van der Waals surface area contributed by atoms with Crippen molar-refractivity contribution in [2.75, 3.05) is 0 Å². The fourth-order valence-corrected chi connectivity index (χ4v) is 1.62. The lowest BCUT2D eigenvalue weighted by atomic mass is 10.0. The molecule has 0 saturated carbocycles. The molecule has 0 saturated heterocycles. The van der Waals surface area contributed by atoms with Crippen molar-refractivity contribution in [3.63, 3.8) is 0 Å². The third kappa shape index (κ3) is 1.89. The van der Waals surface area contributed by atoms with Crippen LogP contribution < -0.4 is 5.73 Å². The smallest absolute Gasteiger partial charge is 0.0892 e. The van der Waals surface area contributed by atoms with E-state index in [0.717, 1.165) is 23.1 Å². The van der Waals surface area contributed by atoms with Crippen molar-refractivity contribution >= 4 is 5.52 Å². The maximum atomic E-state index is 6.06. The zero-order valence-electron chi connectivity index (χ0n) is 8.72. The van der Waals surface area contributed by atoms with Crippen molar-refractivity contribution in [1.29, 1.82) is 0 Å². The second kappa shape index (κ2) is 3.82. The van der Waals surface area contributed by atoms with E-state index in [1.54, 1.807) is 23.1 Å². The summed E-state index contributed by atoms with van der Waals surface area (Å²) >= 11 is 0. The predicted octanol–water partition coefficient (Wildman–Crippen LogP) is 1.70. The Morgan fingerprint density at radius 3 is 3.13 bits per heavy atom. The molecular weight excluding hydrogens is 188 g/mol. The van der Waals surface area contributed by atoms with E-state index >= 15 is 0 Å². The number of rotatable bonds is 3. The Labute approximate surface area is 88.4 Å². The summed E-state index contributed by atoms with van der Waals surface area (Å²) in [5.41, 5.74) is 9.12. The highest BCUT2D eigenvalue weighted by Gasteiger charge is 2.11. The molecule has 0 aromatic carbocycles. The molecule has 1 atom stereocenters. The molecular formula is C11H14N4. The number of nitrogens with two attached hydrogens (primary N) is 1. The van der Waals surface area contributed by atoms with Crippen LogP contribution in [-0.2, 0) is 0 Å². The van der Waals surface area contributed by atoms with Gasteiger partial charge in [0.05, 0.1) is 17.9 Å². The molecule has 78 valence electrons. The fourth-order valence-electron chi connectivity index (χ4n) is 1.62. The summed E-state index contributed by atoms with van der Waals surface area (Å²) in [4.78, 5) is 4.07. The second-order valence-electron chi connectivity index (χ2n) is 3.77. The van der Waals surface area contributed by atoms with Gasteiger partial charge in [0.15, 0.2) is 0 Å². The molecule has 2 aromatic rings. The molecule has 0 aliphatic rings. The molecule has 2 rings (SSSR count). The van der Waals surface area contributed by atoms with Gasteiger partial charge in [-0.1, -0.05) is 5.57 Å². The van der Waals surface area contributed by atoms with E-state index < -0.39 is 0 Å². The Balaban J connectivity index is 2.39. The summed E-state index contributed by atoms with van der Waals surface area (Å²) < 4.78 is 1.78. The van der Waals surface area contributed by atoms with Gasteiger partial charge < -0.3 is 5.73 Å². The number of hydrogen-bond donors (Lipinski definition) is 1. The maximum Gasteiger partial charge on any atom is 0.0892 e. The number of nitrogens with zero attached hydrogens (tertiary/aromatic N) is 3. The van der Waals surface area contributed by atoms with Crippen molar-refractivity contribution in [2.45, 2.75) is 19.4 Å². The van der Waals surface area contributed by atoms with Gasteiger partial charge in [0.25, 0.3) is 0 Å². The van der Waals surface area contributed by atoms with Crippen LogP contribution in [0.4, 0.5) is 0 Å².